The summed E-state index contributed by atoms with van der Waals surface area (Å²) in [6, 6.07) is 5.01. The van der Waals surface area contributed by atoms with Gasteiger partial charge in [-0.15, -0.1) is 0 Å². The first-order chi connectivity index (χ1) is 5.27. The van der Waals surface area contributed by atoms with Crippen molar-refractivity contribution < 1.29 is 10.2 Å². The summed E-state index contributed by atoms with van der Waals surface area (Å²) in [7, 11) is 0. The molecule has 0 aliphatic carbocycles. The minimum Gasteiger partial charge on any atom is -0.508 e. The van der Waals surface area contributed by atoms with Gasteiger partial charge in [-0.2, -0.15) is 0 Å². The van der Waals surface area contributed by atoms with Crippen LogP contribution in [0.15, 0.2) is 18.2 Å². The van der Waals surface area contributed by atoms with E-state index in [0.29, 0.717) is 12.1 Å². The smallest absolute Gasteiger partial charge is 0.121 e. The van der Waals surface area contributed by atoms with E-state index in [1.807, 2.05) is 0 Å². The van der Waals surface area contributed by atoms with Gasteiger partial charge in [-0.05, 0) is 11.6 Å². The largest absolute Gasteiger partial charge is 0.508 e. The zero-order valence-electron chi connectivity index (χ0n) is 6.12. The highest BCUT2D eigenvalue weighted by molar-refractivity contribution is 5.35. The fraction of sp³-hybridized carbons (Fsp3) is 0.250. The standard InChI is InChI=1S/C8H11NO2/c9-4-6-1-2-7(5-10)8(11)3-6/h1-3,10-11H,4-5,9H2. The molecular weight excluding hydrogens is 142 g/mol. The Balaban J connectivity index is 2.99. The molecule has 0 aliphatic rings. The lowest BCUT2D eigenvalue weighted by Crippen LogP contribution is -1.96. The van der Waals surface area contributed by atoms with Crippen LogP contribution in [0, 0.1) is 0 Å². The molecular formula is C8H11NO2. The summed E-state index contributed by atoms with van der Waals surface area (Å²) in [5, 5.41) is 17.9. The fourth-order valence-corrected chi connectivity index (χ4v) is 0.870. The molecule has 0 fully saturated rings. The summed E-state index contributed by atoms with van der Waals surface area (Å²) in [5.41, 5.74) is 6.73. The van der Waals surface area contributed by atoms with Crippen LogP contribution in [0.3, 0.4) is 0 Å². The molecule has 0 saturated carbocycles. The number of nitrogens with two attached hydrogens (primary N) is 1. The molecule has 0 atom stereocenters. The van der Waals surface area contributed by atoms with Crippen LogP contribution < -0.4 is 5.73 Å². The molecule has 0 radical (unpaired) electrons. The second-order valence-corrected chi connectivity index (χ2v) is 2.33. The van der Waals surface area contributed by atoms with Gasteiger partial charge >= 0.3 is 0 Å². The van der Waals surface area contributed by atoms with E-state index in [1.165, 1.54) is 0 Å². The van der Waals surface area contributed by atoms with Crippen LogP contribution in [0.1, 0.15) is 11.1 Å². The van der Waals surface area contributed by atoms with Crippen LogP contribution in [0.25, 0.3) is 0 Å². The van der Waals surface area contributed by atoms with Gasteiger partial charge in [-0.1, -0.05) is 12.1 Å². The highest BCUT2D eigenvalue weighted by atomic mass is 16.3. The molecule has 0 aliphatic heterocycles. The monoisotopic (exact) mass is 153 g/mol. The predicted molar refractivity (Wildman–Crippen MR) is 41.9 cm³/mol. The zero-order chi connectivity index (χ0) is 8.27. The predicted octanol–water partition coefficient (Wildman–Crippen LogP) is 0.343. The van der Waals surface area contributed by atoms with E-state index in [2.05, 4.69) is 0 Å². The van der Waals surface area contributed by atoms with Crippen LogP contribution in [-0.2, 0) is 13.2 Å². The third-order valence-corrected chi connectivity index (χ3v) is 1.56. The van der Waals surface area contributed by atoms with Crippen molar-refractivity contribution in [3.05, 3.63) is 29.3 Å². The van der Waals surface area contributed by atoms with Gasteiger partial charge in [0.2, 0.25) is 0 Å². The van der Waals surface area contributed by atoms with Crippen LogP contribution in [0.4, 0.5) is 0 Å². The summed E-state index contributed by atoms with van der Waals surface area (Å²) in [5.74, 6) is 0.107. The van der Waals surface area contributed by atoms with Crippen molar-refractivity contribution in [3.63, 3.8) is 0 Å². The van der Waals surface area contributed by atoms with Gasteiger partial charge in [-0.25, -0.2) is 0 Å². The molecule has 11 heavy (non-hydrogen) atoms. The number of hydrogen-bond acceptors (Lipinski definition) is 3. The second-order valence-electron chi connectivity index (χ2n) is 2.33. The Bertz CT molecular complexity index is 248. The van der Waals surface area contributed by atoms with Crippen molar-refractivity contribution in [2.75, 3.05) is 0 Å². The Morgan fingerprint density at radius 2 is 2.09 bits per heavy atom. The third-order valence-electron chi connectivity index (χ3n) is 1.56. The average molecular weight is 153 g/mol. The topological polar surface area (TPSA) is 66.5 Å². The molecule has 1 aromatic rings. The minimum atomic E-state index is -0.142. The fourth-order valence-electron chi connectivity index (χ4n) is 0.870. The first-order valence-corrected chi connectivity index (χ1v) is 3.39. The Morgan fingerprint density at radius 1 is 1.36 bits per heavy atom. The Morgan fingerprint density at radius 3 is 2.55 bits per heavy atom. The van der Waals surface area contributed by atoms with Gasteiger partial charge in [0.15, 0.2) is 0 Å². The Labute approximate surface area is 65.1 Å². The SMILES string of the molecule is NCc1ccc(CO)c(O)c1. The maximum absolute atomic E-state index is 9.21. The average Bonchev–Trinajstić information content (AvgIpc) is 2.04. The van der Waals surface area contributed by atoms with E-state index in [9.17, 15) is 5.11 Å². The molecule has 3 nitrogen and oxygen atoms in total. The second kappa shape index (κ2) is 3.37. The highest BCUT2D eigenvalue weighted by Crippen LogP contribution is 2.17. The van der Waals surface area contributed by atoms with E-state index >= 15 is 0 Å². The van der Waals surface area contributed by atoms with E-state index in [1.54, 1.807) is 18.2 Å². The molecule has 0 bridgehead atoms. The summed E-state index contributed by atoms with van der Waals surface area (Å²) in [6.07, 6.45) is 0. The molecule has 0 heterocycles. The minimum absolute atomic E-state index is 0.107. The lowest BCUT2D eigenvalue weighted by molar-refractivity contribution is 0.275. The van der Waals surface area contributed by atoms with E-state index in [-0.39, 0.29) is 12.4 Å². The lowest BCUT2D eigenvalue weighted by Gasteiger charge is -2.02. The van der Waals surface area contributed by atoms with Crippen LogP contribution in [-0.4, -0.2) is 10.2 Å². The molecule has 0 saturated heterocycles. The number of hydrogen-bond donors (Lipinski definition) is 3. The van der Waals surface area contributed by atoms with Gasteiger partial charge in [0.05, 0.1) is 6.61 Å². The molecule has 0 aromatic heterocycles. The number of phenols is 1. The molecule has 1 aromatic carbocycles. The highest BCUT2D eigenvalue weighted by Gasteiger charge is 1.99. The van der Waals surface area contributed by atoms with E-state index < -0.39 is 0 Å². The van der Waals surface area contributed by atoms with E-state index in [0.717, 1.165) is 5.56 Å². The summed E-state index contributed by atoms with van der Waals surface area (Å²) in [4.78, 5) is 0. The van der Waals surface area contributed by atoms with Gasteiger partial charge in [-0.3, -0.25) is 0 Å². The van der Waals surface area contributed by atoms with Crippen LogP contribution in [0.5, 0.6) is 5.75 Å². The summed E-state index contributed by atoms with van der Waals surface area (Å²) < 4.78 is 0. The van der Waals surface area contributed by atoms with Crippen molar-refractivity contribution >= 4 is 0 Å². The quantitative estimate of drug-likeness (QED) is 0.574. The Hall–Kier alpha value is -1.06. The summed E-state index contributed by atoms with van der Waals surface area (Å²) >= 11 is 0. The molecule has 3 heteroatoms. The number of aliphatic hydroxyl groups excluding tert-OH is 1. The van der Waals surface area contributed by atoms with Crippen molar-refractivity contribution in [1.82, 2.24) is 0 Å². The first-order valence-electron chi connectivity index (χ1n) is 3.39. The number of rotatable bonds is 2. The molecule has 0 amide bonds. The van der Waals surface area contributed by atoms with E-state index in [4.69, 9.17) is 10.8 Å². The molecule has 0 spiro atoms. The number of aromatic hydroxyl groups is 1. The maximum atomic E-state index is 9.21. The number of benzene rings is 1. The van der Waals surface area contributed by atoms with Crippen molar-refractivity contribution in [3.8, 4) is 5.75 Å². The van der Waals surface area contributed by atoms with Gasteiger partial charge < -0.3 is 15.9 Å². The van der Waals surface area contributed by atoms with Crippen molar-refractivity contribution in [2.24, 2.45) is 5.73 Å². The van der Waals surface area contributed by atoms with Crippen LogP contribution >= 0.6 is 0 Å². The molecule has 4 N–H and O–H groups in total. The van der Waals surface area contributed by atoms with Crippen molar-refractivity contribution in [2.45, 2.75) is 13.2 Å². The van der Waals surface area contributed by atoms with Gasteiger partial charge in [0.1, 0.15) is 5.75 Å². The van der Waals surface area contributed by atoms with Gasteiger partial charge in [0.25, 0.3) is 0 Å². The molecule has 1 rings (SSSR count). The van der Waals surface area contributed by atoms with Crippen molar-refractivity contribution in [1.29, 1.82) is 0 Å². The van der Waals surface area contributed by atoms with Gasteiger partial charge in [0, 0.05) is 12.1 Å². The Kier molecular flexibility index (Phi) is 2.46. The lowest BCUT2D eigenvalue weighted by atomic mass is 10.1. The molecule has 0 unspecified atom stereocenters. The maximum Gasteiger partial charge on any atom is 0.121 e. The normalized spacial score (nSPS) is 10.0. The molecule has 60 valence electrons. The third kappa shape index (κ3) is 1.69. The number of aliphatic hydroxyl groups is 1. The first kappa shape index (κ1) is 8.04. The van der Waals surface area contributed by atoms with Crippen LogP contribution in [0.2, 0.25) is 0 Å². The zero-order valence-corrected chi connectivity index (χ0v) is 6.12. The summed E-state index contributed by atoms with van der Waals surface area (Å²) in [6.45, 7) is 0.260.